The number of hydrogen-bond acceptors (Lipinski definition) is 4. The Hall–Kier alpha value is -1.47. The van der Waals surface area contributed by atoms with Crippen LogP contribution in [0.25, 0.3) is 0 Å². The Labute approximate surface area is 168 Å². The molecule has 1 saturated heterocycles. The van der Waals surface area contributed by atoms with Crippen LogP contribution in [0.2, 0.25) is 4.34 Å². The van der Waals surface area contributed by atoms with Crippen LogP contribution in [0.4, 0.5) is 4.39 Å². The minimum Gasteiger partial charge on any atom is -0.354 e. The molecule has 146 valence electrons. The van der Waals surface area contributed by atoms with Crippen molar-refractivity contribution in [3.05, 3.63) is 57.0 Å². The maximum Gasteiger partial charge on any atom is 0.237 e. The molecule has 27 heavy (non-hydrogen) atoms. The molecule has 1 atom stereocenters. The SMILES string of the molecule is CC(C(=O)NCCc1ccc(F)cc1)N1CCN(Cc2ccc(Cl)s2)CC1. The third kappa shape index (κ3) is 6.01. The van der Waals surface area contributed by atoms with Gasteiger partial charge in [-0.1, -0.05) is 23.7 Å². The number of piperazine rings is 1. The normalized spacial score (nSPS) is 17.0. The zero-order chi connectivity index (χ0) is 19.2. The number of nitrogens with one attached hydrogen (secondary N) is 1. The van der Waals surface area contributed by atoms with Crippen molar-refractivity contribution in [1.29, 1.82) is 0 Å². The van der Waals surface area contributed by atoms with Crippen LogP contribution in [0.15, 0.2) is 36.4 Å². The van der Waals surface area contributed by atoms with Crippen molar-refractivity contribution < 1.29 is 9.18 Å². The molecule has 1 aliphatic rings. The third-order valence-electron chi connectivity index (χ3n) is 4.97. The smallest absolute Gasteiger partial charge is 0.237 e. The average Bonchev–Trinajstić information content (AvgIpc) is 3.08. The minimum absolute atomic E-state index is 0.0515. The van der Waals surface area contributed by atoms with Gasteiger partial charge in [0.2, 0.25) is 5.91 Å². The fraction of sp³-hybridized carbons (Fsp3) is 0.450. The van der Waals surface area contributed by atoms with Crippen LogP contribution < -0.4 is 5.32 Å². The van der Waals surface area contributed by atoms with Crippen LogP contribution in [-0.2, 0) is 17.8 Å². The molecule has 7 heteroatoms. The van der Waals surface area contributed by atoms with Crippen molar-refractivity contribution in [2.45, 2.75) is 25.9 Å². The lowest BCUT2D eigenvalue weighted by molar-refractivity contribution is -0.126. The van der Waals surface area contributed by atoms with Gasteiger partial charge in [-0.3, -0.25) is 14.6 Å². The van der Waals surface area contributed by atoms with Gasteiger partial charge in [0.1, 0.15) is 5.82 Å². The van der Waals surface area contributed by atoms with Crippen molar-refractivity contribution in [3.8, 4) is 0 Å². The zero-order valence-electron chi connectivity index (χ0n) is 15.5. The molecule has 1 aromatic carbocycles. The summed E-state index contributed by atoms with van der Waals surface area (Å²) in [7, 11) is 0. The maximum absolute atomic E-state index is 12.9. The summed E-state index contributed by atoms with van der Waals surface area (Å²) < 4.78 is 13.7. The fourth-order valence-corrected chi connectivity index (χ4v) is 4.39. The van der Waals surface area contributed by atoms with E-state index in [1.165, 1.54) is 17.0 Å². The molecular formula is C20H25ClFN3OS. The molecule has 2 heterocycles. The van der Waals surface area contributed by atoms with Crippen LogP contribution in [0.3, 0.4) is 0 Å². The van der Waals surface area contributed by atoms with E-state index in [-0.39, 0.29) is 17.8 Å². The Morgan fingerprint density at radius 2 is 1.89 bits per heavy atom. The van der Waals surface area contributed by atoms with E-state index >= 15 is 0 Å². The van der Waals surface area contributed by atoms with Gasteiger partial charge >= 0.3 is 0 Å². The molecule has 1 amide bonds. The number of rotatable bonds is 7. The Balaban J connectivity index is 1.38. The number of benzene rings is 1. The molecule has 2 aromatic rings. The second kappa shape index (κ2) is 9.64. The van der Waals surface area contributed by atoms with Crippen LogP contribution in [0.1, 0.15) is 17.4 Å². The van der Waals surface area contributed by atoms with E-state index in [1.807, 2.05) is 13.0 Å². The van der Waals surface area contributed by atoms with Crippen molar-refractivity contribution in [3.63, 3.8) is 0 Å². The van der Waals surface area contributed by atoms with Crippen LogP contribution in [0.5, 0.6) is 0 Å². The number of hydrogen-bond donors (Lipinski definition) is 1. The first-order valence-electron chi connectivity index (χ1n) is 9.24. The maximum atomic E-state index is 12.9. The van der Waals surface area contributed by atoms with Crippen LogP contribution in [-0.4, -0.2) is 54.5 Å². The highest BCUT2D eigenvalue weighted by molar-refractivity contribution is 7.16. The summed E-state index contributed by atoms with van der Waals surface area (Å²) in [5, 5.41) is 3.00. The van der Waals surface area contributed by atoms with Gasteiger partial charge in [-0.2, -0.15) is 0 Å². The first-order chi connectivity index (χ1) is 13.0. The zero-order valence-corrected chi connectivity index (χ0v) is 17.0. The molecule has 1 aliphatic heterocycles. The van der Waals surface area contributed by atoms with Gasteiger partial charge in [0.25, 0.3) is 0 Å². The lowest BCUT2D eigenvalue weighted by Crippen LogP contribution is -2.53. The second-order valence-electron chi connectivity index (χ2n) is 6.86. The Kier molecular flexibility index (Phi) is 7.24. The van der Waals surface area contributed by atoms with Gasteiger partial charge in [-0.15, -0.1) is 11.3 Å². The minimum atomic E-state index is -0.238. The molecular weight excluding hydrogens is 385 g/mol. The van der Waals surface area contributed by atoms with Gasteiger partial charge in [-0.25, -0.2) is 4.39 Å². The van der Waals surface area contributed by atoms with Crippen molar-refractivity contribution in [2.75, 3.05) is 32.7 Å². The summed E-state index contributed by atoms with van der Waals surface area (Å²) in [6.45, 7) is 7.10. The summed E-state index contributed by atoms with van der Waals surface area (Å²) in [6, 6.07) is 10.3. The molecule has 0 bridgehead atoms. The Morgan fingerprint density at radius 3 is 2.52 bits per heavy atom. The van der Waals surface area contributed by atoms with Gasteiger partial charge in [0, 0.05) is 44.1 Å². The predicted octanol–water partition coefficient (Wildman–Crippen LogP) is 3.41. The Bertz CT molecular complexity index is 744. The second-order valence-corrected chi connectivity index (χ2v) is 8.66. The standard InChI is InChI=1S/C20H25ClFN3OS/c1-15(20(26)23-9-8-16-2-4-17(22)5-3-16)25-12-10-24(11-13-25)14-18-6-7-19(21)27-18/h2-7,15H,8-14H2,1H3,(H,23,26). The summed E-state index contributed by atoms with van der Waals surface area (Å²) in [5.74, 6) is -0.187. The lowest BCUT2D eigenvalue weighted by atomic mass is 10.1. The van der Waals surface area contributed by atoms with E-state index in [1.54, 1.807) is 23.5 Å². The van der Waals surface area contributed by atoms with Crippen molar-refractivity contribution in [2.24, 2.45) is 0 Å². The third-order valence-corrected chi connectivity index (χ3v) is 6.18. The van der Waals surface area contributed by atoms with E-state index in [0.717, 1.165) is 42.6 Å². The Morgan fingerprint density at radius 1 is 1.19 bits per heavy atom. The number of amides is 1. The van der Waals surface area contributed by atoms with Gasteiger partial charge < -0.3 is 5.32 Å². The number of nitrogens with zero attached hydrogens (tertiary/aromatic N) is 2. The largest absolute Gasteiger partial charge is 0.354 e. The monoisotopic (exact) mass is 409 g/mol. The molecule has 0 saturated carbocycles. The quantitative estimate of drug-likeness (QED) is 0.761. The molecule has 0 aliphatic carbocycles. The molecule has 1 aromatic heterocycles. The fourth-order valence-electron chi connectivity index (χ4n) is 3.26. The summed E-state index contributed by atoms with van der Waals surface area (Å²) in [4.78, 5) is 18.3. The van der Waals surface area contributed by atoms with Crippen molar-refractivity contribution in [1.82, 2.24) is 15.1 Å². The number of carbonyl (C=O) groups excluding carboxylic acids is 1. The van der Waals surface area contributed by atoms with Crippen LogP contribution >= 0.6 is 22.9 Å². The highest BCUT2D eigenvalue weighted by Crippen LogP contribution is 2.23. The number of thiophene rings is 1. The summed E-state index contributed by atoms with van der Waals surface area (Å²) >= 11 is 7.62. The molecule has 4 nitrogen and oxygen atoms in total. The number of halogens is 2. The molecule has 1 N–H and O–H groups in total. The predicted molar refractivity (Wildman–Crippen MR) is 109 cm³/mol. The molecule has 1 unspecified atom stereocenters. The average molecular weight is 410 g/mol. The molecule has 3 rings (SSSR count). The van der Waals surface area contributed by atoms with E-state index in [2.05, 4.69) is 21.2 Å². The first kappa shape index (κ1) is 20.3. The highest BCUT2D eigenvalue weighted by Gasteiger charge is 2.25. The molecule has 1 fully saturated rings. The summed E-state index contributed by atoms with van der Waals surface area (Å²) in [5.41, 5.74) is 1.02. The van der Waals surface area contributed by atoms with Gasteiger partial charge in [0.05, 0.1) is 10.4 Å². The highest BCUT2D eigenvalue weighted by atomic mass is 35.5. The van der Waals surface area contributed by atoms with E-state index in [9.17, 15) is 9.18 Å². The topological polar surface area (TPSA) is 35.6 Å². The molecule has 0 radical (unpaired) electrons. The van der Waals surface area contributed by atoms with E-state index < -0.39 is 0 Å². The summed E-state index contributed by atoms with van der Waals surface area (Å²) in [6.07, 6.45) is 0.704. The number of carbonyl (C=O) groups is 1. The van der Waals surface area contributed by atoms with E-state index in [4.69, 9.17) is 11.6 Å². The van der Waals surface area contributed by atoms with Crippen molar-refractivity contribution >= 4 is 28.8 Å². The van der Waals surface area contributed by atoms with E-state index in [0.29, 0.717) is 13.0 Å². The van der Waals surface area contributed by atoms with Gasteiger partial charge in [0.15, 0.2) is 0 Å². The lowest BCUT2D eigenvalue weighted by Gasteiger charge is -2.37. The molecule has 0 spiro atoms. The van der Waals surface area contributed by atoms with Gasteiger partial charge in [-0.05, 0) is 43.2 Å². The first-order valence-corrected chi connectivity index (χ1v) is 10.4. The van der Waals surface area contributed by atoms with Crippen LogP contribution in [0, 0.1) is 5.82 Å².